The lowest BCUT2D eigenvalue weighted by atomic mass is 10.0. The summed E-state index contributed by atoms with van der Waals surface area (Å²) in [5.41, 5.74) is 11.1. The van der Waals surface area contributed by atoms with Gasteiger partial charge in [-0.25, -0.2) is 19.4 Å². The smallest absolute Gasteiger partial charge is 0.330 e. The SMILES string of the molecule is CCCCCCCC/C=C\CCCCCCC(C)C(=O)OOC(=O)C(N)CCCCN. The van der Waals surface area contributed by atoms with Crippen LogP contribution in [0.5, 0.6) is 0 Å². The molecule has 0 fully saturated rings. The molecule has 0 aromatic carbocycles. The molecule has 2 unspecified atom stereocenters. The van der Waals surface area contributed by atoms with Crippen molar-refractivity contribution in [1.29, 1.82) is 0 Å². The molecule has 0 bridgehead atoms. The Morgan fingerprint density at radius 2 is 1.26 bits per heavy atom. The molecule has 6 heteroatoms. The first-order valence-corrected chi connectivity index (χ1v) is 12.6. The minimum absolute atomic E-state index is 0.293. The molecule has 0 aliphatic heterocycles. The van der Waals surface area contributed by atoms with Crippen LogP contribution in [0.1, 0.15) is 117 Å². The second-order valence-corrected chi connectivity index (χ2v) is 8.62. The van der Waals surface area contributed by atoms with Crippen LogP contribution in [0.2, 0.25) is 0 Å². The van der Waals surface area contributed by atoms with Crippen molar-refractivity contribution in [2.24, 2.45) is 17.4 Å². The highest BCUT2D eigenvalue weighted by Gasteiger charge is 2.21. The topological polar surface area (TPSA) is 105 Å². The lowest BCUT2D eigenvalue weighted by Crippen LogP contribution is -2.33. The monoisotopic (exact) mass is 440 g/mol. The third-order valence-corrected chi connectivity index (χ3v) is 5.53. The lowest BCUT2D eigenvalue weighted by Gasteiger charge is -2.12. The van der Waals surface area contributed by atoms with Gasteiger partial charge in [0.05, 0.1) is 5.92 Å². The molecule has 182 valence electrons. The van der Waals surface area contributed by atoms with Crippen molar-refractivity contribution in [3.8, 4) is 0 Å². The van der Waals surface area contributed by atoms with Gasteiger partial charge in [-0.05, 0) is 51.5 Å². The fraction of sp³-hybridized carbons (Fsp3) is 0.840. The first kappa shape index (κ1) is 29.6. The van der Waals surface area contributed by atoms with Crippen molar-refractivity contribution in [1.82, 2.24) is 0 Å². The minimum Gasteiger partial charge on any atom is -0.330 e. The number of hydrogen-bond acceptors (Lipinski definition) is 6. The van der Waals surface area contributed by atoms with Gasteiger partial charge in [-0.1, -0.05) is 83.8 Å². The third kappa shape index (κ3) is 19.0. The lowest BCUT2D eigenvalue weighted by molar-refractivity contribution is -0.263. The molecule has 31 heavy (non-hydrogen) atoms. The molecule has 0 saturated heterocycles. The van der Waals surface area contributed by atoms with Gasteiger partial charge in [0.25, 0.3) is 0 Å². The summed E-state index contributed by atoms with van der Waals surface area (Å²) in [5.74, 6) is -1.51. The molecule has 0 amide bonds. The maximum absolute atomic E-state index is 11.9. The number of nitrogens with two attached hydrogens (primary N) is 2. The summed E-state index contributed by atoms with van der Waals surface area (Å²) >= 11 is 0. The molecule has 0 rings (SSSR count). The molecule has 4 N–H and O–H groups in total. The Morgan fingerprint density at radius 1 is 0.742 bits per heavy atom. The highest BCUT2D eigenvalue weighted by Crippen LogP contribution is 2.14. The second-order valence-electron chi connectivity index (χ2n) is 8.62. The van der Waals surface area contributed by atoms with Gasteiger partial charge < -0.3 is 11.5 Å². The fourth-order valence-electron chi connectivity index (χ4n) is 3.31. The molecule has 6 nitrogen and oxygen atoms in total. The van der Waals surface area contributed by atoms with Crippen LogP contribution in [0, 0.1) is 5.92 Å². The van der Waals surface area contributed by atoms with Crippen LogP contribution in [-0.4, -0.2) is 24.5 Å². The zero-order valence-corrected chi connectivity index (χ0v) is 20.1. The van der Waals surface area contributed by atoms with E-state index < -0.39 is 18.0 Å². The van der Waals surface area contributed by atoms with E-state index in [0.717, 1.165) is 44.9 Å². The second kappa shape index (κ2) is 21.8. The van der Waals surface area contributed by atoms with Gasteiger partial charge >= 0.3 is 11.9 Å². The van der Waals surface area contributed by atoms with Crippen LogP contribution in [0.15, 0.2) is 12.2 Å². The molecule has 0 aliphatic carbocycles. The Balaban J connectivity index is 3.59. The first-order valence-electron chi connectivity index (χ1n) is 12.6. The van der Waals surface area contributed by atoms with Crippen molar-refractivity contribution < 1.29 is 19.4 Å². The number of rotatable bonds is 20. The number of allylic oxidation sites excluding steroid dienone is 2. The van der Waals surface area contributed by atoms with Crippen molar-refractivity contribution in [2.75, 3.05) is 6.54 Å². The number of hydrogen-bond donors (Lipinski definition) is 2. The molecule has 0 heterocycles. The normalized spacial score (nSPS) is 13.3. The van der Waals surface area contributed by atoms with Crippen LogP contribution in [-0.2, 0) is 19.4 Å². The third-order valence-electron chi connectivity index (χ3n) is 5.53. The van der Waals surface area contributed by atoms with E-state index in [2.05, 4.69) is 28.9 Å². The molecular formula is C25H48N2O4. The summed E-state index contributed by atoms with van der Waals surface area (Å²) < 4.78 is 0. The van der Waals surface area contributed by atoms with Gasteiger partial charge in [0.2, 0.25) is 0 Å². The van der Waals surface area contributed by atoms with Crippen LogP contribution < -0.4 is 11.5 Å². The number of unbranched alkanes of at least 4 members (excludes halogenated alkanes) is 11. The Kier molecular flexibility index (Phi) is 20.8. The molecule has 0 aliphatic rings. The van der Waals surface area contributed by atoms with Crippen LogP contribution in [0.25, 0.3) is 0 Å². The van der Waals surface area contributed by atoms with Crippen molar-refractivity contribution in [3.05, 3.63) is 12.2 Å². The van der Waals surface area contributed by atoms with E-state index in [4.69, 9.17) is 11.5 Å². The summed E-state index contributed by atoms with van der Waals surface area (Å²) in [4.78, 5) is 32.9. The van der Waals surface area contributed by atoms with Gasteiger partial charge in [0.1, 0.15) is 6.04 Å². The van der Waals surface area contributed by atoms with Gasteiger partial charge in [-0.15, -0.1) is 0 Å². The van der Waals surface area contributed by atoms with Crippen LogP contribution in [0.4, 0.5) is 0 Å². The predicted molar refractivity (Wildman–Crippen MR) is 127 cm³/mol. The molecule has 0 aromatic rings. The molecular weight excluding hydrogens is 392 g/mol. The number of carbonyl (C=O) groups is 2. The summed E-state index contributed by atoms with van der Waals surface area (Å²) in [6.45, 7) is 4.60. The van der Waals surface area contributed by atoms with E-state index in [9.17, 15) is 9.59 Å². The van der Waals surface area contributed by atoms with Gasteiger partial charge in [-0.3, -0.25) is 0 Å². The molecule has 0 aromatic heterocycles. The fourth-order valence-corrected chi connectivity index (χ4v) is 3.31. The number of carbonyl (C=O) groups excluding carboxylic acids is 2. The van der Waals surface area contributed by atoms with Gasteiger partial charge in [0.15, 0.2) is 0 Å². The Hall–Kier alpha value is -1.40. The predicted octanol–water partition coefficient (Wildman–Crippen LogP) is 5.73. The van der Waals surface area contributed by atoms with E-state index in [1.54, 1.807) is 6.92 Å². The van der Waals surface area contributed by atoms with Crippen molar-refractivity contribution >= 4 is 11.9 Å². The highest BCUT2D eigenvalue weighted by atomic mass is 17.2. The van der Waals surface area contributed by atoms with E-state index >= 15 is 0 Å². The highest BCUT2D eigenvalue weighted by molar-refractivity contribution is 5.77. The summed E-state index contributed by atoms with van der Waals surface area (Å²) in [5, 5.41) is 0. The van der Waals surface area contributed by atoms with E-state index in [-0.39, 0.29) is 5.92 Å². The average Bonchev–Trinajstić information content (AvgIpc) is 2.77. The Bertz CT molecular complexity index is 468. The molecule has 2 atom stereocenters. The van der Waals surface area contributed by atoms with Gasteiger partial charge in [-0.2, -0.15) is 0 Å². The summed E-state index contributed by atoms with van der Waals surface area (Å²) in [6.07, 6.45) is 22.2. The standard InChI is InChI=1S/C25H48N2O4/c1-3-4-5-6-7-8-9-10-11-12-13-14-15-16-19-22(2)24(28)30-31-25(29)23(27)20-17-18-21-26/h10-11,22-23H,3-9,12-21,26-27H2,1-2H3/b11-10-. The first-order chi connectivity index (χ1) is 15.0. The molecule has 0 radical (unpaired) electrons. The van der Waals surface area contributed by atoms with E-state index in [0.29, 0.717) is 13.0 Å². The Labute approximate surface area is 190 Å². The van der Waals surface area contributed by atoms with E-state index in [1.165, 1.54) is 51.4 Å². The Morgan fingerprint density at radius 3 is 1.87 bits per heavy atom. The van der Waals surface area contributed by atoms with Crippen molar-refractivity contribution in [3.63, 3.8) is 0 Å². The summed E-state index contributed by atoms with van der Waals surface area (Å²) in [7, 11) is 0. The maximum atomic E-state index is 11.9. The van der Waals surface area contributed by atoms with Crippen LogP contribution >= 0.6 is 0 Å². The van der Waals surface area contributed by atoms with Crippen molar-refractivity contribution in [2.45, 2.75) is 123 Å². The summed E-state index contributed by atoms with van der Waals surface area (Å²) in [6, 6.07) is -0.783. The zero-order chi connectivity index (χ0) is 23.2. The zero-order valence-electron chi connectivity index (χ0n) is 20.1. The molecule has 0 saturated carbocycles. The van der Waals surface area contributed by atoms with Crippen LogP contribution in [0.3, 0.4) is 0 Å². The van der Waals surface area contributed by atoms with Gasteiger partial charge in [0, 0.05) is 0 Å². The van der Waals surface area contributed by atoms with E-state index in [1.807, 2.05) is 0 Å². The largest absolute Gasteiger partial charge is 0.372 e. The quantitative estimate of drug-likeness (QED) is 0.108. The molecule has 0 spiro atoms. The average molecular weight is 441 g/mol. The minimum atomic E-state index is -0.783. The maximum Gasteiger partial charge on any atom is 0.372 e.